The van der Waals surface area contributed by atoms with Gasteiger partial charge in [-0.05, 0) is 101 Å². The third kappa shape index (κ3) is 5.20. The molecule has 1 atom stereocenters. The number of rotatable bonds is 8. The molecule has 1 heterocycles. The molecule has 2 N–H and O–H groups in total. The molecule has 9 heteroatoms. The number of carbonyl (C=O) groups is 2. The third-order valence-electron chi connectivity index (χ3n) is 7.95. The average molecular weight is 498 g/mol. The van der Waals surface area contributed by atoms with Crippen LogP contribution < -0.4 is 15.5 Å². The Morgan fingerprint density at radius 2 is 1.66 bits per heavy atom. The van der Waals surface area contributed by atoms with Crippen molar-refractivity contribution in [1.29, 1.82) is 0 Å². The fourth-order valence-corrected chi connectivity index (χ4v) is 7.42. The number of hydrogen-bond donors (Lipinski definition) is 2. The number of carbonyl (C=O) groups excluding carboxylic acids is 2. The lowest BCUT2D eigenvalue weighted by molar-refractivity contribution is -0.119. The van der Waals surface area contributed by atoms with Gasteiger partial charge >= 0.3 is 6.03 Å². The lowest BCUT2D eigenvalue weighted by Crippen LogP contribution is -2.62. The minimum Gasteiger partial charge on any atom is -0.411 e. The average Bonchev–Trinajstić information content (AvgIpc) is 3.27. The third-order valence-corrected chi connectivity index (χ3v) is 8.88. The zero-order chi connectivity index (χ0) is 24.6. The van der Waals surface area contributed by atoms with Gasteiger partial charge in [0, 0.05) is 29.9 Å². The SMILES string of the molecule is CCN(CC)c1ccc(-c2nnc(SC(C)C(=O)NC(=O)NC34CC5CC(CC(C5)C3)C4)o2)cc1. The molecule has 6 rings (SSSR count). The Morgan fingerprint density at radius 1 is 1.06 bits per heavy atom. The van der Waals surface area contributed by atoms with Crippen LogP contribution in [0.5, 0.6) is 0 Å². The van der Waals surface area contributed by atoms with Gasteiger partial charge in [0.1, 0.15) is 0 Å². The number of nitrogens with one attached hydrogen (secondary N) is 2. The van der Waals surface area contributed by atoms with Crippen molar-refractivity contribution >= 4 is 29.4 Å². The summed E-state index contributed by atoms with van der Waals surface area (Å²) in [6.45, 7) is 7.88. The van der Waals surface area contributed by atoms with Crippen LogP contribution in [0.2, 0.25) is 0 Å². The number of nitrogens with zero attached hydrogens (tertiary/aromatic N) is 3. The first-order chi connectivity index (χ1) is 16.9. The molecule has 1 aromatic carbocycles. The summed E-state index contributed by atoms with van der Waals surface area (Å²) in [6, 6.07) is 7.61. The number of imide groups is 1. The molecule has 8 nitrogen and oxygen atoms in total. The van der Waals surface area contributed by atoms with Crippen LogP contribution in [0.15, 0.2) is 33.9 Å². The highest BCUT2D eigenvalue weighted by atomic mass is 32.2. The molecule has 4 bridgehead atoms. The first-order valence-corrected chi connectivity index (χ1v) is 13.7. The van der Waals surface area contributed by atoms with Crippen molar-refractivity contribution in [2.45, 2.75) is 75.3 Å². The maximum absolute atomic E-state index is 12.7. The second-order valence-corrected chi connectivity index (χ2v) is 11.8. The molecule has 3 amide bonds. The molecule has 188 valence electrons. The van der Waals surface area contributed by atoms with Gasteiger partial charge in [-0.25, -0.2) is 4.79 Å². The van der Waals surface area contributed by atoms with Gasteiger partial charge < -0.3 is 14.6 Å². The number of hydrogen-bond acceptors (Lipinski definition) is 7. The number of aromatic nitrogens is 2. The normalized spacial score (nSPS) is 27.5. The van der Waals surface area contributed by atoms with E-state index in [1.54, 1.807) is 6.92 Å². The van der Waals surface area contributed by atoms with E-state index in [-0.39, 0.29) is 17.5 Å². The van der Waals surface area contributed by atoms with Crippen LogP contribution in [0.3, 0.4) is 0 Å². The number of urea groups is 1. The van der Waals surface area contributed by atoms with Gasteiger partial charge in [-0.15, -0.1) is 10.2 Å². The first-order valence-electron chi connectivity index (χ1n) is 12.8. The predicted molar refractivity (Wildman–Crippen MR) is 136 cm³/mol. The Kier molecular flexibility index (Phi) is 6.79. The van der Waals surface area contributed by atoms with Crippen LogP contribution in [-0.2, 0) is 4.79 Å². The van der Waals surface area contributed by atoms with Crippen molar-refractivity contribution < 1.29 is 14.0 Å². The monoisotopic (exact) mass is 497 g/mol. The first kappa shape index (κ1) is 24.2. The molecule has 4 saturated carbocycles. The highest BCUT2D eigenvalue weighted by Crippen LogP contribution is 2.55. The van der Waals surface area contributed by atoms with Crippen LogP contribution >= 0.6 is 11.8 Å². The molecule has 4 fully saturated rings. The molecule has 1 unspecified atom stereocenters. The summed E-state index contributed by atoms with van der Waals surface area (Å²) >= 11 is 1.15. The summed E-state index contributed by atoms with van der Waals surface area (Å²) < 4.78 is 5.79. The zero-order valence-electron chi connectivity index (χ0n) is 20.8. The summed E-state index contributed by atoms with van der Waals surface area (Å²) in [7, 11) is 0. The van der Waals surface area contributed by atoms with E-state index in [9.17, 15) is 9.59 Å². The smallest absolute Gasteiger partial charge is 0.321 e. The van der Waals surface area contributed by atoms with Gasteiger partial charge in [0.25, 0.3) is 5.22 Å². The quantitative estimate of drug-likeness (QED) is 0.503. The fraction of sp³-hybridized carbons (Fsp3) is 0.615. The van der Waals surface area contributed by atoms with E-state index in [1.807, 2.05) is 24.3 Å². The summed E-state index contributed by atoms with van der Waals surface area (Å²) in [4.78, 5) is 27.6. The van der Waals surface area contributed by atoms with Gasteiger partial charge in [-0.2, -0.15) is 0 Å². The second kappa shape index (κ2) is 9.84. The van der Waals surface area contributed by atoms with Crippen molar-refractivity contribution in [3.8, 4) is 11.5 Å². The molecular weight excluding hydrogens is 462 g/mol. The predicted octanol–water partition coefficient (Wildman–Crippen LogP) is 4.86. The van der Waals surface area contributed by atoms with Crippen LogP contribution in [0.25, 0.3) is 11.5 Å². The summed E-state index contributed by atoms with van der Waals surface area (Å²) in [5, 5.41) is 13.7. The van der Waals surface area contributed by atoms with Crippen molar-refractivity contribution in [2.24, 2.45) is 17.8 Å². The topological polar surface area (TPSA) is 100 Å². The number of thioether (sulfide) groups is 1. The van der Waals surface area contributed by atoms with E-state index in [1.165, 1.54) is 19.3 Å². The standard InChI is InChI=1S/C26H35N5O3S/c1-4-31(5-2)21-8-6-20(7-9-21)23-29-30-25(34-23)35-16(3)22(32)27-24(33)28-26-13-17-10-18(14-26)12-19(11-17)15-26/h6-9,16-19H,4-5,10-15H2,1-3H3,(H2,27,28,32,33). The van der Waals surface area contributed by atoms with E-state index in [0.29, 0.717) is 11.1 Å². The molecule has 0 radical (unpaired) electrons. The molecule has 35 heavy (non-hydrogen) atoms. The van der Waals surface area contributed by atoms with E-state index in [0.717, 1.165) is 73.1 Å². The Hall–Kier alpha value is -2.55. The minimum atomic E-state index is -0.546. The van der Waals surface area contributed by atoms with Gasteiger partial charge in [0.15, 0.2) is 0 Å². The maximum Gasteiger partial charge on any atom is 0.321 e. The van der Waals surface area contributed by atoms with E-state index < -0.39 is 5.25 Å². The molecule has 2 aromatic rings. The number of anilines is 1. The molecule has 4 aliphatic carbocycles. The molecule has 0 aliphatic heterocycles. The van der Waals surface area contributed by atoms with Gasteiger partial charge in [0.2, 0.25) is 11.8 Å². The van der Waals surface area contributed by atoms with Crippen molar-refractivity contribution in [1.82, 2.24) is 20.8 Å². The van der Waals surface area contributed by atoms with Gasteiger partial charge in [0.05, 0.1) is 5.25 Å². The largest absolute Gasteiger partial charge is 0.411 e. The number of amides is 3. The Morgan fingerprint density at radius 3 is 2.23 bits per heavy atom. The van der Waals surface area contributed by atoms with Crippen LogP contribution in [-0.4, -0.2) is 46.0 Å². The Bertz CT molecular complexity index is 1030. The Labute approximate surface area is 211 Å². The Balaban J connectivity index is 1.14. The highest BCUT2D eigenvalue weighted by molar-refractivity contribution is 8.00. The second-order valence-electron chi connectivity index (χ2n) is 10.5. The molecule has 4 aliphatic rings. The van der Waals surface area contributed by atoms with Crippen molar-refractivity contribution in [3.63, 3.8) is 0 Å². The van der Waals surface area contributed by atoms with E-state index >= 15 is 0 Å². The lowest BCUT2D eigenvalue weighted by Gasteiger charge is -2.56. The maximum atomic E-state index is 12.7. The van der Waals surface area contributed by atoms with Crippen LogP contribution in [0, 0.1) is 17.8 Å². The molecule has 1 aromatic heterocycles. The molecular formula is C26H35N5O3S. The van der Waals surface area contributed by atoms with Crippen LogP contribution in [0.4, 0.5) is 10.5 Å². The van der Waals surface area contributed by atoms with E-state index in [2.05, 4.69) is 39.6 Å². The summed E-state index contributed by atoms with van der Waals surface area (Å²) in [5.74, 6) is 2.23. The van der Waals surface area contributed by atoms with Crippen molar-refractivity contribution in [3.05, 3.63) is 24.3 Å². The fourth-order valence-electron chi connectivity index (χ4n) is 6.73. The molecule has 0 spiro atoms. The van der Waals surface area contributed by atoms with Crippen molar-refractivity contribution in [2.75, 3.05) is 18.0 Å². The van der Waals surface area contributed by atoms with Crippen LogP contribution in [0.1, 0.15) is 59.3 Å². The van der Waals surface area contributed by atoms with Gasteiger partial charge in [-0.3, -0.25) is 10.1 Å². The summed E-state index contributed by atoms with van der Waals surface area (Å²) in [6.07, 6.45) is 7.06. The zero-order valence-corrected chi connectivity index (χ0v) is 21.6. The number of benzene rings is 1. The van der Waals surface area contributed by atoms with Gasteiger partial charge in [-0.1, -0.05) is 11.8 Å². The minimum absolute atomic E-state index is 0.127. The van der Waals surface area contributed by atoms with E-state index in [4.69, 9.17) is 4.42 Å². The summed E-state index contributed by atoms with van der Waals surface area (Å²) in [5.41, 5.74) is 1.84. The lowest BCUT2D eigenvalue weighted by atomic mass is 9.53. The molecule has 0 saturated heterocycles. The highest BCUT2D eigenvalue weighted by Gasteiger charge is 2.51.